The van der Waals surface area contributed by atoms with Crippen molar-refractivity contribution in [2.24, 2.45) is 4.99 Å². The van der Waals surface area contributed by atoms with Crippen LogP contribution < -0.4 is 34.9 Å². The molecule has 3 aliphatic heterocycles. The molecule has 0 aromatic heterocycles. The first-order valence-electron chi connectivity index (χ1n) is 23.9. The van der Waals surface area contributed by atoms with Crippen LogP contribution in [0, 0.1) is 0 Å². The maximum absolute atomic E-state index is 14.5. The van der Waals surface area contributed by atoms with Gasteiger partial charge in [0.25, 0.3) is 11.8 Å². The highest BCUT2D eigenvalue weighted by Gasteiger charge is 2.35. The zero-order chi connectivity index (χ0) is 51.5. The number of rotatable bonds is 28. The fourth-order valence-electron chi connectivity index (χ4n) is 7.97. The van der Waals surface area contributed by atoms with Gasteiger partial charge in [0, 0.05) is 70.2 Å². The summed E-state index contributed by atoms with van der Waals surface area (Å²) in [4.78, 5) is 73.3. The SMILES string of the molecule is C=C1C[C@H]2C=Nc3cc(OCCCCCOc4cc(NC(=O)OCC(C)(C)SSCCC(=O)NCCNC(=O)CCO)c(C(=O)N5CC(=C)C[C@H]5/C=C(\CC)COC)cc4OC)c(OC)cc3C(=O)N2C1. The van der Waals surface area contributed by atoms with Crippen LogP contribution in [0.5, 0.6) is 23.0 Å². The molecule has 18 nitrogen and oxygen atoms in total. The third-order valence-electron chi connectivity index (χ3n) is 11.6. The van der Waals surface area contributed by atoms with Crippen LogP contribution in [-0.2, 0) is 19.1 Å². The summed E-state index contributed by atoms with van der Waals surface area (Å²) in [5, 5.41) is 17.0. The smallest absolute Gasteiger partial charge is 0.411 e. The third kappa shape index (κ3) is 16.7. The fraction of sp³-hybridized carbons (Fsp3) is 0.529. The summed E-state index contributed by atoms with van der Waals surface area (Å²) < 4.78 is 34.3. The van der Waals surface area contributed by atoms with Gasteiger partial charge in [-0.25, -0.2) is 4.79 Å². The van der Waals surface area contributed by atoms with Crippen LogP contribution in [0.1, 0.15) is 92.9 Å². The molecular formula is C51H70N6O12S2. The lowest BCUT2D eigenvalue weighted by molar-refractivity contribution is -0.123. The molecule has 0 aliphatic carbocycles. The molecule has 0 bridgehead atoms. The Balaban J connectivity index is 1.20. The fourth-order valence-corrected chi connectivity index (χ4v) is 10.3. The van der Waals surface area contributed by atoms with E-state index in [0.717, 1.165) is 29.6 Å². The lowest BCUT2D eigenvalue weighted by atomic mass is 10.1. The van der Waals surface area contributed by atoms with Crippen molar-refractivity contribution in [3.63, 3.8) is 0 Å². The maximum atomic E-state index is 14.5. The van der Waals surface area contributed by atoms with E-state index in [1.54, 1.807) is 47.4 Å². The van der Waals surface area contributed by atoms with Crippen LogP contribution in [0.4, 0.5) is 16.2 Å². The van der Waals surface area contributed by atoms with Gasteiger partial charge in [-0.15, -0.1) is 0 Å². The number of likely N-dealkylation sites (tertiary alicyclic amines) is 1. The number of unbranched alkanes of at least 4 members (excludes halogenated alkanes) is 2. The Hall–Kier alpha value is -5.70. The van der Waals surface area contributed by atoms with Crippen molar-refractivity contribution in [2.45, 2.75) is 89.0 Å². The van der Waals surface area contributed by atoms with E-state index in [0.29, 0.717) is 98.6 Å². The van der Waals surface area contributed by atoms with Crippen LogP contribution in [0.25, 0.3) is 0 Å². The summed E-state index contributed by atoms with van der Waals surface area (Å²) in [6, 6.07) is 6.19. The normalized spacial score (nSPS) is 16.5. The van der Waals surface area contributed by atoms with Crippen molar-refractivity contribution < 1.29 is 57.5 Å². The Morgan fingerprint density at radius 2 is 1.55 bits per heavy atom. The molecule has 0 spiro atoms. The molecule has 5 amide bonds. The first-order valence-corrected chi connectivity index (χ1v) is 26.2. The molecule has 20 heteroatoms. The number of hydrogen-bond donors (Lipinski definition) is 4. The molecule has 388 valence electrons. The Bertz CT molecular complexity index is 2300. The number of hydrogen-bond acceptors (Lipinski definition) is 15. The lowest BCUT2D eigenvalue weighted by Gasteiger charge is -2.26. The largest absolute Gasteiger partial charge is 0.493 e. The number of ether oxygens (including phenoxy) is 6. The summed E-state index contributed by atoms with van der Waals surface area (Å²) in [7, 11) is 7.60. The number of anilines is 1. The maximum Gasteiger partial charge on any atom is 0.411 e. The van der Waals surface area contributed by atoms with E-state index in [1.165, 1.54) is 35.8 Å². The van der Waals surface area contributed by atoms with E-state index in [9.17, 15) is 24.0 Å². The van der Waals surface area contributed by atoms with E-state index < -0.39 is 10.8 Å². The van der Waals surface area contributed by atoms with Gasteiger partial charge in [0.05, 0.1) is 80.0 Å². The van der Waals surface area contributed by atoms with E-state index in [-0.39, 0.29) is 86.1 Å². The number of benzene rings is 2. The molecular weight excluding hydrogens is 953 g/mol. The average molecular weight is 1020 g/mol. The molecule has 3 heterocycles. The number of amides is 5. The predicted octanol–water partition coefficient (Wildman–Crippen LogP) is 7.29. The van der Waals surface area contributed by atoms with Gasteiger partial charge in [-0.3, -0.25) is 29.5 Å². The molecule has 2 atom stereocenters. The van der Waals surface area contributed by atoms with Gasteiger partial charge in [-0.1, -0.05) is 58.9 Å². The van der Waals surface area contributed by atoms with E-state index in [2.05, 4.69) is 40.2 Å². The number of carbonyl (C=O) groups is 5. The molecule has 5 rings (SSSR count). The number of methoxy groups -OCH3 is 3. The highest BCUT2D eigenvalue weighted by molar-refractivity contribution is 8.77. The van der Waals surface area contributed by atoms with Gasteiger partial charge >= 0.3 is 6.09 Å². The van der Waals surface area contributed by atoms with E-state index in [4.69, 9.17) is 33.5 Å². The number of aliphatic hydroxyl groups excluding tert-OH is 1. The average Bonchev–Trinajstić information content (AvgIpc) is 3.89. The molecule has 3 aliphatic rings. The summed E-state index contributed by atoms with van der Waals surface area (Å²) in [5.41, 5.74) is 4.30. The first kappa shape index (κ1) is 56.2. The number of nitrogens with zero attached hydrogens (tertiary/aromatic N) is 3. The standard InChI is InChI=1S/C51H70N6O12S2/c1-9-35(31-64-6)23-36-21-33(2)29-56(36)49(62)39-25-43(66-8)45(27-41(39)55-50(63)69-32-51(4,5)71-70-20-14-47(60)53-16-15-52-46(59)13-17-58)68-19-12-10-11-18-67-44-26-40-38(24-42(44)65-7)48(61)57-30-34(3)22-37(57)28-54-40/h23-28,36-37,58H,2-3,9-22,29-32H2,1,4-8H3,(H,52,59)(H,53,60)(H,55,63)/b35-23+/t36-,37-/m0/s1. The van der Waals surface area contributed by atoms with Gasteiger partial charge < -0.3 is 54.0 Å². The molecule has 2 fully saturated rings. The zero-order valence-electron chi connectivity index (χ0n) is 41.9. The molecule has 0 saturated carbocycles. The quantitative estimate of drug-likeness (QED) is 0.0374. The summed E-state index contributed by atoms with van der Waals surface area (Å²) >= 11 is 0. The number of aliphatic hydroxyl groups is 1. The molecule has 0 unspecified atom stereocenters. The molecule has 0 radical (unpaired) electrons. The minimum Gasteiger partial charge on any atom is -0.493 e. The first-order chi connectivity index (χ1) is 34.1. The number of aliphatic imine (C=N–C) groups is 1. The van der Waals surface area contributed by atoms with E-state index in [1.807, 2.05) is 20.8 Å². The van der Waals surface area contributed by atoms with Crippen molar-refractivity contribution in [2.75, 3.05) is 91.6 Å². The number of carbonyl (C=O) groups excluding carboxylic acids is 5. The number of nitrogens with one attached hydrogen (secondary N) is 3. The highest BCUT2D eigenvalue weighted by Crippen LogP contribution is 2.40. The van der Waals surface area contributed by atoms with Gasteiger partial charge in [0.2, 0.25) is 11.8 Å². The van der Waals surface area contributed by atoms with Crippen molar-refractivity contribution in [1.82, 2.24) is 20.4 Å². The Morgan fingerprint density at radius 3 is 2.21 bits per heavy atom. The topological polar surface area (TPSA) is 216 Å². The van der Waals surface area contributed by atoms with Crippen molar-refractivity contribution in [3.05, 3.63) is 71.3 Å². The molecule has 71 heavy (non-hydrogen) atoms. The van der Waals surface area contributed by atoms with Crippen molar-refractivity contribution >= 4 is 68.9 Å². The molecule has 2 aromatic rings. The second kappa shape index (κ2) is 27.8. The third-order valence-corrected chi connectivity index (χ3v) is 14.9. The highest BCUT2D eigenvalue weighted by atomic mass is 33.1. The van der Waals surface area contributed by atoms with E-state index >= 15 is 0 Å². The Morgan fingerprint density at radius 1 is 0.887 bits per heavy atom. The van der Waals surface area contributed by atoms with Gasteiger partial charge in [0.1, 0.15) is 6.61 Å². The van der Waals surface area contributed by atoms with Crippen molar-refractivity contribution in [3.8, 4) is 23.0 Å². The second-order valence-electron chi connectivity index (χ2n) is 17.9. The Kier molecular flexibility index (Phi) is 22.0. The zero-order valence-corrected chi connectivity index (χ0v) is 43.5. The summed E-state index contributed by atoms with van der Waals surface area (Å²) in [6.07, 6.45) is 7.44. The molecule has 2 saturated heterocycles. The minimum atomic E-state index is -0.772. The van der Waals surface area contributed by atoms with Crippen molar-refractivity contribution in [1.29, 1.82) is 0 Å². The van der Waals surface area contributed by atoms with Gasteiger partial charge in [-0.2, -0.15) is 0 Å². The second-order valence-corrected chi connectivity index (χ2v) is 21.0. The predicted molar refractivity (Wildman–Crippen MR) is 278 cm³/mol. The van der Waals surface area contributed by atoms with Crippen LogP contribution in [0.15, 0.2) is 65.2 Å². The summed E-state index contributed by atoms with van der Waals surface area (Å²) in [5.74, 6) is 1.18. The van der Waals surface area contributed by atoms with Crippen LogP contribution in [0.3, 0.4) is 0 Å². The lowest BCUT2D eigenvalue weighted by Crippen LogP contribution is -2.35. The minimum absolute atomic E-state index is 0.0152. The Labute approximate surface area is 425 Å². The molecule has 2 aromatic carbocycles. The van der Waals surface area contributed by atoms with Gasteiger partial charge in [0.15, 0.2) is 23.0 Å². The monoisotopic (exact) mass is 1020 g/mol. The summed E-state index contributed by atoms with van der Waals surface area (Å²) in [6.45, 7) is 16.4. The van der Waals surface area contributed by atoms with Crippen LogP contribution in [-0.4, -0.2) is 154 Å². The van der Waals surface area contributed by atoms with Crippen LogP contribution in [0.2, 0.25) is 0 Å². The molecule has 4 N–H and O–H groups in total. The number of fused-ring (bicyclic) bond motifs is 2. The van der Waals surface area contributed by atoms with Crippen LogP contribution >= 0.6 is 21.6 Å². The van der Waals surface area contributed by atoms with Gasteiger partial charge in [-0.05, 0) is 70.1 Å².